The number of nitrogens with one attached hydrogen (secondary N) is 1. The Kier molecular flexibility index (Phi) is 11.5. The molecule has 0 spiro atoms. The number of anilines is 1. The number of nitrogens with zero attached hydrogens (tertiary/aromatic N) is 2. The summed E-state index contributed by atoms with van der Waals surface area (Å²) in [6, 6.07) is 18.0. The van der Waals surface area contributed by atoms with Crippen LogP contribution < -0.4 is 9.62 Å². The van der Waals surface area contributed by atoms with Crippen molar-refractivity contribution in [3.05, 3.63) is 98.5 Å². The maximum absolute atomic E-state index is 14.2. The van der Waals surface area contributed by atoms with Crippen LogP contribution in [0, 0.1) is 12.8 Å². The fourth-order valence-corrected chi connectivity index (χ4v) is 5.97. The van der Waals surface area contributed by atoms with Crippen molar-refractivity contribution >= 4 is 62.3 Å². The van der Waals surface area contributed by atoms with Crippen LogP contribution in [0.1, 0.15) is 30.5 Å². The first-order chi connectivity index (χ1) is 19.3. The minimum atomic E-state index is -3.91. The second kappa shape index (κ2) is 14.4. The van der Waals surface area contributed by atoms with E-state index in [-0.39, 0.29) is 24.8 Å². The molecule has 7 nitrogen and oxygen atoms in total. The van der Waals surface area contributed by atoms with Gasteiger partial charge in [0.1, 0.15) is 12.6 Å². The Balaban J connectivity index is 2.11. The van der Waals surface area contributed by atoms with E-state index in [1.807, 2.05) is 44.2 Å². The molecule has 0 radical (unpaired) electrons. The SMILES string of the molecule is Cc1cc(Cl)ccc1N(CC(=O)N(Cc1c(Cl)cccc1Cl)C(Cc1ccccc1)C(=O)NCC(C)C)S(C)(=O)=O. The van der Waals surface area contributed by atoms with Crippen molar-refractivity contribution < 1.29 is 18.0 Å². The Morgan fingerprint density at radius 2 is 1.56 bits per heavy atom. The monoisotopic (exact) mass is 637 g/mol. The molecule has 0 fully saturated rings. The van der Waals surface area contributed by atoms with Gasteiger partial charge in [0, 0.05) is 40.1 Å². The molecule has 1 N–H and O–H groups in total. The van der Waals surface area contributed by atoms with Crippen molar-refractivity contribution in [2.45, 2.75) is 39.8 Å². The zero-order valence-corrected chi connectivity index (χ0v) is 26.5. The summed E-state index contributed by atoms with van der Waals surface area (Å²) in [4.78, 5) is 29.2. The third kappa shape index (κ3) is 9.10. The number of aryl methyl sites for hydroxylation is 1. The Morgan fingerprint density at radius 3 is 2.12 bits per heavy atom. The largest absolute Gasteiger partial charge is 0.354 e. The molecule has 0 saturated carbocycles. The molecule has 2 amide bonds. The van der Waals surface area contributed by atoms with Gasteiger partial charge in [-0.25, -0.2) is 8.42 Å². The van der Waals surface area contributed by atoms with Crippen LogP contribution in [0.15, 0.2) is 66.7 Å². The van der Waals surface area contributed by atoms with E-state index < -0.39 is 28.5 Å². The first kappa shape index (κ1) is 32.7. The van der Waals surface area contributed by atoms with Crippen LogP contribution in [0.3, 0.4) is 0 Å². The lowest BCUT2D eigenvalue weighted by atomic mass is 10.0. The maximum Gasteiger partial charge on any atom is 0.244 e. The zero-order valence-electron chi connectivity index (χ0n) is 23.4. The van der Waals surface area contributed by atoms with Crippen LogP contribution in [-0.4, -0.2) is 50.5 Å². The average molecular weight is 639 g/mol. The van der Waals surface area contributed by atoms with Gasteiger partial charge in [0.2, 0.25) is 21.8 Å². The molecular formula is C30H34Cl3N3O4S. The third-order valence-electron chi connectivity index (χ3n) is 6.45. The van der Waals surface area contributed by atoms with E-state index in [4.69, 9.17) is 34.8 Å². The predicted octanol–water partition coefficient (Wildman–Crippen LogP) is 6.13. The first-order valence-electron chi connectivity index (χ1n) is 13.1. The summed E-state index contributed by atoms with van der Waals surface area (Å²) in [6.07, 6.45) is 1.22. The van der Waals surface area contributed by atoms with Crippen molar-refractivity contribution in [2.24, 2.45) is 5.92 Å². The second-order valence-corrected chi connectivity index (χ2v) is 13.4. The van der Waals surface area contributed by atoms with Crippen molar-refractivity contribution in [3.63, 3.8) is 0 Å². The molecule has 0 heterocycles. The molecule has 3 aromatic carbocycles. The molecule has 0 bridgehead atoms. The lowest BCUT2D eigenvalue weighted by molar-refractivity contribution is -0.140. The normalized spacial score (nSPS) is 12.2. The lowest BCUT2D eigenvalue weighted by Crippen LogP contribution is -2.53. The minimum absolute atomic E-state index is 0.110. The summed E-state index contributed by atoms with van der Waals surface area (Å²) in [5.74, 6) is -0.791. The molecule has 0 aliphatic heterocycles. The number of hydrogen-bond donors (Lipinski definition) is 1. The van der Waals surface area contributed by atoms with Gasteiger partial charge in [0.15, 0.2) is 0 Å². The number of halogens is 3. The van der Waals surface area contributed by atoms with Crippen LogP contribution >= 0.6 is 34.8 Å². The Hall–Kier alpha value is -2.78. The smallest absolute Gasteiger partial charge is 0.244 e. The topological polar surface area (TPSA) is 86.8 Å². The highest BCUT2D eigenvalue weighted by molar-refractivity contribution is 7.92. The van der Waals surface area contributed by atoms with E-state index in [1.165, 1.54) is 4.90 Å². The number of carbonyl (C=O) groups excluding carboxylic acids is 2. The van der Waals surface area contributed by atoms with Crippen LogP contribution in [-0.2, 0) is 32.6 Å². The summed E-state index contributed by atoms with van der Waals surface area (Å²) in [5.41, 5.74) is 2.16. The highest BCUT2D eigenvalue weighted by atomic mass is 35.5. The van der Waals surface area contributed by atoms with Crippen molar-refractivity contribution in [3.8, 4) is 0 Å². The predicted molar refractivity (Wildman–Crippen MR) is 167 cm³/mol. The van der Waals surface area contributed by atoms with Gasteiger partial charge < -0.3 is 10.2 Å². The van der Waals surface area contributed by atoms with Crippen LogP contribution in [0.4, 0.5) is 5.69 Å². The minimum Gasteiger partial charge on any atom is -0.354 e. The van der Waals surface area contributed by atoms with Gasteiger partial charge >= 0.3 is 0 Å². The molecule has 0 aliphatic rings. The van der Waals surface area contributed by atoms with Gasteiger partial charge in [0.05, 0.1) is 11.9 Å². The fraction of sp³-hybridized carbons (Fsp3) is 0.333. The molecule has 1 unspecified atom stereocenters. The Labute approximate surface area is 257 Å². The molecular weight excluding hydrogens is 605 g/mol. The Bertz CT molecular complexity index is 1460. The summed E-state index contributed by atoms with van der Waals surface area (Å²) in [7, 11) is -3.91. The number of amides is 2. The summed E-state index contributed by atoms with van der Waals surface area (Å²) in [5, 5.41) is 4.02. The van der Waals surface area contributed by atoms with Gasteiger partial charge in [-0.1, -0.05) is 85.0 Å². The van der Waals surface area contributed by atoms with Gasteiger partial charge in [-0.15, -0.1) is 0 Å². The summed E-state index contributed by atoms with van der Waals surface area (Å²) < 4.78 is 27.0. The van der Waals surface area contributed by atoms with Gasteiger partial charge in [-0.05, 0) is 54.3 Å². The Morgan fingerprint density at radius 1 is 0.927 bits per heavy atom. The summed E-state index contributed by atoms with van der Waals surface area (Å²) >= 11 is 19.1. The highest BCUT2D eigenvalue weighted by Crippen LogP contribution is 2.29. The molecule has 0 saturated heterocycles. The number of rotatable bonds is 12. The molecule has 11 heteroatoms. The van der Waals surface area contributed by atoms with Crippen LogP contribution in [0.5, 0.6) is 0 Å². The highest BCUT2D eigenvalue weighted by Gasteiger charge is 2.34. The molecule has 220 valence electrons. The summed E-state index contributed by atoms with van der Waals surface area (Å²) in [6.45, 7) is 5.39. The van der Waals surface area contributed by atoms with E-state index in [1.54, 1.807) is 43.3 Å². The van der Waals surface area contributed by atoms with Gasteiger partial charge in [-0.3, -0.25) is 13.9 Å². The van der Waals surface area contributed by atoms with Crippen molar-refractivity contribution in [1.29, 1.82) is 0 Å². The first-order valence-corrected chi connectivity index (χ1v) is 16.0. The molecule has 3 rings (SSSR count). The zero-order chi connectivity index (χ0) is 30.3. The van der Waals surface area contributed by atoms with Gasteiger partial charge in [-0.2, -0.15) is 0 Å². The third-order valence-corrected chi connectivity index (χ3v) is 8.52. The number of benzene rings is 3. The number of sulfonamides is 1. The van der Waals surface area contributed by atoms with E-state index in [9.17, 15) is 18.0 Å². The standard InChI is InChI=1S/C30H34Cl3N3O4S/c1-20(2)17-34-30(38)28(16-22-9-6-5-7-10-22)35(18-24-25(32)11-8-12-26(24)33)29(37)19-36(41(4,39)40)27-14-13-23(31)15-21(27)3/h5-15,20,28H,16-19H2,1-4H3,(H,34,38). The lowest BCUT2D eigenvalue weighted by Gasteiger charge is -2.34. The molecule has 41 heavy (non-hydrogen) atoms. The molecule has 0 aromatic heterocycles. The average Bonchev–Trinajstić information content (AvgIpc) is 2.89. The fourth-order valence-electron chi connectivity index (χ4n) is 4.32. The maximum atomic E-state index is 14.2. The van der Waals surface area contributed by atoms with Crippen LogP contribution in [0.2, 0.25) is 15.1 Å². The molecule has 3 aromatic rings. The van der Waals surface area contributed by atoms with Crippen LogP contribution in [0.25, 0.3) is 0 Å². The van der Waals surface area contributed by atoms with Crippen molar-refractivity contribution in [1.82, 2.24) is 10.2 Å². The molecule has 0 aliphatic carbocycles. The van der Waals surface area contributed by atoms with Crippen molar-refractivity contribution in [2.75, 3.05) is 23.7 Å². The van der Waals surface area contributed by atoms with Gasteiger partial charge in [0.25, 0.3) is 0 Å². The van der Waals surface area contributed by atoms with E-state index in [0.29, 0.717) is 38.4 Å². The number of hydrogen-bond acceptors (Lipinski definition) is 4. The quantitative estimate of drug-likeness (QED) is 0.259. The molecule has 1 atom stereocenters. The van der Waals surface area contributed by atoms with E-state index >= 15 is 0 Å². The van der Waals surface area contributed by atoms with E-state index in [2.05, 4.69) is 5.32 Å². The van der Waals surface area contributed by atoms with E-state index in [0.717, 1.165) is 16.1 Å². The second-order valence-electron chi connectivity index (χ2n) is 10.3. The number of carbonyl (C=O) groups is 2.